The summed E-state index contributed by atoms with van der Waals surface area (Å²) in [7, 11) is 1.66. The van der Waals surface area contributed by atoms with E-state index in [4.69, 9.17) is 14.8 Å². The lowest BCUT2D eigenvalue weighted by molar-refractivity contribution is 0.0933. The summed E-state index contributed by atoms with van der Waals surface area (Å²) in [4.78, 5) is 18.2. The van der Waals surface area contributed by atoms with Gasteiger partial charge in [-0.25, -0.2) is 9.67 Å². The summed E-state index contributed by atoms with van der Waals surface area (Å²) >= 11 is 0. The Balaban J connectivity index is 1.72. The van der Waals surface area contributed by atoms with Gasteiger partial charge in [0.05, 0.1) is 35.3 Å². The van der Waals surface area contributed by atoms with Crippen LogP contribution < -0.4 is 10.1 Å². The van der Waals surface area contributed by atoms with Crippen LogP contribution in [0.5, 0.6) is 5.75 Å². The average molecular weight is 407 g/mol. The highest BCUT2D eigenvalue weighted by molar-refractivity contribution is 6.06. The van der Waals surface area contributed by atoms with Gasteiger partial charge in [0.15, 0.2) is 5.65 Å². The van der Waals surface area contributed by atoms with E-state index in [1.54, 1.807) is 7.11 Å². The van der Waals surface area contributed by atoms with Crippen molar-refractivity contribution in [2.45, 2.75) is 59.0 Å². The van der Waals surface area contributed by atoms with E-state index in [0.29, 0.717) is 11.5 Å². The number of hydrogen-bond acceptors (Lipinski definition) is 4. The van der Waals surface area contributed by atoms with Crippen LogP contribution in [0.3, 0.4) is 0 Å². The first-order valence-corrected chi connectivity index (χ1v) is 10.5. The molecule has 1 aromatic carbocycles. The van der Waals surface area contributed by atoms with Gasteiger partial charge in [-0.3, -0.25) is 4.79 Å². The van der Waals surface area contributed by atoms with Crippen molar-refractivity contribution in [3.8, 4) is 5.75 Å². The Hall–Kier alpha value is -2.89. The fourth-order valence-corrected chi connectivity index (χ4v) is 3.99. The standard InChI is InChI=1S/C24H30N4O2/c1-14-13-19(20-15(2)27-28(22(20)25-14)24(3,4)5)23(29)26-21(16-7-8-16)17-9-11-18(30-6)12-10-17/h9-13,16,21H,7-8H2,1-6H3,(H,26,29)/t21-/m1/s1. The van der Waals surface area contributed by atoms with Gasteiger partial charge in [0, 0.05) is 5.69 Å². The molecule has 1 atom stereocenters. The van der Waals surface area contributed by atoms with E-state index < -0.39 is 0 Å². The van der Waals surface area contributed by atoms with E-state index in [1.165, 1.54) is 0 Å². The molecule has 0 saturated heterocycles. The number of rotatable bonds is 5. The first kappa shape index (κ1) is 20.4. The number of nitrogens with zero attached hydrogens (tertiary/aromatic N) is 3. The number of pyridine rings is 1. The zero-order valence-corrected chi connectivity index (χ0v) is 18.6. The van der Waals surface area contributed by atoms with Crippen molar-refractivity contribution in [2.24, 2.45) is 5.92 Å². The average Bonchev–Trinajstić information content (AvgIpc) is 3.48. The molecule has 6 nitrogen and oxygen atoms in total. The SMILES string of the molecule is COc1ccc([C@H](NC(=O)c2cc(C)nc3c2c(C)nn3C(C)(C)C)C2CC2)cc1. The van der Waals surface area contributed by atoms with E-state index >= 15 is 0 Å². The third kappa shape index (κ3) is 3.78. The number of amides is 1. The predicted molar refractivity (Wildman–Crippen MR) is 118 cm³/mol. The zero-order valence-electron chi connectivity index (χ0n) is 18.6. The first-order valence-electron chi connectivity index (χ1n) is 10.5. The summed E-state index contributed by atoms with van der Waals surface area (Å²) in [6.45, 7) is 10.1. The number of carbonyl (C=O) groups is 1. The van der Waals surface area contributed by atoms with Crippen LogP contribution in [0.2, 0.25) is 0 Å². The molecule has 0 unspecified atom stereocenters. The van der Waals surface area contributed by atoms with Crippen LogP contribution in [0.4, 0.5) is 0 Å². The summed E-state index contributed by atoms with van der Waals surface area (Å²) in [6, 6.07) is 9.84. The Kier molecular flexibility index (Phi) is 5.04. The monoisotopic (exact) mass is 406 g/mol. The van der Waals surface area contributed by atoms with Crippen LogP contribution in [0, 0.1) is 19.8 Å². The second-order valence-electron chi connectivity index (χ2n) is 9.24. The van der Waals surface area contributed by atoms with Gasteiger partial charge < -0.3 is 10.1 Å². The van der Waals surface area contributed by atoms with Crippen molar-refractivity contribution in [2.75, 3.05) is 7.11 Å². The summed E-state index contributed by atoms with van der Waals surface area (Å²) in [5, 5.41) is 8.84. The zero-order chi connectivity index (χ0) is 21.6. The van der Waals surface area contributed by atoms with E-state index in [2.05, 4.69) is 26.1 Å². The number of fused-ring (bicyclic) bond motifs is 1. The van der Waals surface area contributed by atoms with Gasteiger partial charge in [-0.15, -0.1) is 0 Å². The second-order valence-corrected chi connectivity index (χ2v) is 9.24. The smallest absolute Gasteiger partial charge is 0.252 e. The van der Waals surface area contributed by atoms with E-state index in [0.717, 1.165) is 46.6 Å². The number of nitrogens with one attached hydrogen (secondary N) is 1. The maximum absolute atomic E-state index is 13.5. The molecule has 30 heavy (non-hydrogen) atoms. The van der Waals surface area contributed by atoms with Gasteiger partial charge in [-0.1, -0.05) is 12.1 Å². The summed E-state index contributed by atoms with van der Waals surface area (Å²) in [5.41, 5.74) is 3.93. The number of carbonyl (C=O) groups excluding carboxylic acids is 1. The third-order valence-corrected chi connectivity index (χ3v) is 5.68. The van der Waals surface area contributed by atoms with E-state index in [9.17, 15) is 4.79 Å². The van der Waals surface area contributed by atoms with Crippen LogP contribution in [-0.2, 0) is 5.54 Å². The molecule has 0 aliphatic heterocycles. The largest absolute Gasteiger partial charge is 0.497 e. The summed E-state index contributed by atoms with van der Waals surface area (Å²) in [6.07, 6.45) is 2.26. The molecule has 1 aliphatic carbocycles. The van der Waals surface area contributed by atoms with Gasteiger partial charge in [0.1, 0.15) is 5.75 Å². The first-order chi connectivity index (χ1) is 14.2. The Labute approximate surface area is 177 Å². The highest BCUT2D eigenvalue weighted by Crippen LogP contribution is 2.41. The van der Waals surface area contributed by atoms with E-state index in [1.807, 2.05) is 48.9 Å². The van der Waals surface area contributed by atoms with Crippen molar-refractivity contribution in [3.05, 3.63) is 52.8 Å². The summed E-state index contributed by atoms with van der Waals surface area (Å²) < 4.78 is 7.20. The van der Waals surface area contributed by atoms with E-state index in [-0.39, 0.29) is 17.5 Å². The van der Waals surface area contributed by atoms with Gasteiger partial charge in [0.25, 0.3) is 5.91 Å². The quantitative estimate of drug-likeness (QED) is 0.667. The van der Waals surface area contributed by atoms with Crippen molar-refractivity contribution >= 4 is 16.9 Å². The van der Waals surface area contributed by atoms with Crippen molar-refractivity contribution in [3.63, 3.8) is 0 Å². The minimum Gasteiger partial charge on any atom is -0.497 e. The topological polar surface area (TPSA) is 69.0 Å². The molecule has 1 fully saturated rings. The van der Waals surface area contributed by atoms with Gasteiger partial charge in [0.2, 0.25) is 0 Å². The number of benzene rings is 1. The highest BCUT2D eigenvalue weighted by Gasteiger charge is 2.34. The minimum absolute atomic E-state index is 0.00936. The molecule has 1 amide bonds. The molecular formula is C24H30N4O2. The Bertz CT molecular complexity index is 1090. The van der Waals surface area contributed by atoms with Gasteiger partial charge in [-0.2, -0.15) is 5.10 Å². The number of ether oxygens (including phenoxy) is 1. The molecule has 4 rings (SSSR count). The van der Waals surface area contributed by atoms with Crippen LogP contribution in [0.1, 0.15) is 67.0 Å². The Morgan fingerprint density at radius 2 is 1.87 bits per heavy atom. The lowest BCUT2D eigenvalue weighted by Crippen LogP contribution is -2.30. The van der Waals surface area contributed by atoms with Crippen LogP contribution in [0.15, 0.2) is 30.3 Å². The number of aryl methyl sites for hydroxylation is 2. The predicted octanol–water partition coefficient (Wildman–Crippen LogP) is 4.69. The van der Waals surface area contributed by atoms with Crippen LogP contribution in [0.25, 0.3) is 11.0 Å². The molecule has 0 spiro atoms. The Morgan fingerprint density at radius 1 is 1.20 bits per heavy atom. The number of aromatic nitrogens is 3. The maximum atomic E-state index is 13.5. The fourth-order valence-electron chi connectivity index (χ4n) is 3.99. The molecule has 0 radical (unpaired) electrons. The fraction of sp³-hybridized carbons (Fsp3) is 0.458. The molecule has 1 N–H and O–H groups in total. The number of methoxy groups -OCH3 is 1. The summed E-state index contributed by atoms with van der Waals surface area (Å²) in [5.74, 6) is 1.21. The molecule has 1 aliphatic rings. The Morgan fingerprint density at radius 3 is 2.43 bits per heavy atom. The molecule has 2 heterocycles. The highest BCUT2D eigenvalue weighted by atomic mass is 16.5. The van der Waals surface area contributed by atoms with Crippen molar-refractivity contribution in [1.29, 1.82) is 0 Å². The second kappa shape index (κ2) is 7.42. The lowest BCUT2D eigenvalue weighted by atomic mass is 10.0. The molecule has 3 aromatic rings. The lowest BCUT2D eigenvalue weighted by Gasteiger charge is -2.21. The van der Waals surface area contributed by atoms with Crippen molar-refractivity contribution in [1.82, 2.24) is 20.1 Å². The van der Waals surface area contributed by atoms with Gasteiger partial charge >= 0.3 is 0 Å². The molecule has 158 valence electrons. The van der Waals surface area contributed by atoms with Crippen LogP contribution in [-0.4, -0.2) is 27.8 Å². The van der Waals surface area contributed by atoms with Crippen LogP contribution >= 0.6 is 0 Å². The molecule has 1 saturated carbocycles. The molecule has 6 heteroatoms. The minimum atomic E-state index is -0.222. The normalized spacial score (nSPS) is 15.3. The third-order valence-electron chi connectivity index (χ3n) is 5.68. The van der Waals surface area contributed by atoms with Gasteiger partial charge in [-0.05, 0) is 77.1 Å². The molecule has 0 bridgehead atoms. The number of hydrogen-bond donors (Lipinski definition) is 1. The maximum Gasteiger partial charge on any atom is 0.252 e. The molecule has 2 aromatic heterocycles. The molecular weight excluding hydrogens is 376 g/mol. The van der Waals surface area contributed by atoms with Crippen molar-refractivity contribution < 1.29 is 9.53 Å².